The molecule has 46 heavy (non-hydrogen) atoms. The number of hydrogen-bond acceptors (Lipinski definition) is 17. The molecule has 2 atom stereocenters. The summed E-state index contributed by atoms with van der Waals surface area (Å²) in [4.78, 5) is 51.2. The second kappa shape index (κ2) is 12.0. The molecule has 1 fully saturated rings. The van der Waals surface area contributed by atoms with Gasteiger partial charge in [-0.05, 0) is 36.4 Å². The minimum atomic E-state index is -2.84. The molecule has 0 aliphatic heterocycles. The van der Waals surface area contributed by atoms with Gasteiger partial charge in [0.05, 0.1) is 16.7 Å². The molecule has 1 aliphatic carbocycles. The molecule has 18 nitrogen and oxygen atoms in total. The van der Waals surface area contributed by atoms with E-state index < -0.39 is 129 Å². The summed E-state index contributed by atoms with van der Waals surface area (Å²) in [7, 11) is 0. The maximum Gasteiger partial charge on any atom is 0.338 e. The van der Waals surface area contributed by atoms with E-state index in [0.29, 0.717) is 36.4 Å². The summed E-state index contributed by atoms with van der Waals surface area (Å²) in [6.07, 6.45) is -8.07. The Morgan fingerprint density at radius 2 is 0.783 bits per heavy atom. The molecule has 0 spiro atoms. The number of rotatable bonds is 7. The number of aromatic hydroxyl groups is 9. The molecule has 0 heterocycles. The number of carboxylic acids is 1. The van der Waals surface area contributed by atoms with Crippen LogP contribution in [0.1, 0.15) is 43.9 Å². The fourth-order valence-corrected chi connectivity index (χ4v) is 4.53. The van der Waals surface area contributed by atoms with Gasteiger partial charge in [-0.2, -0.15) is 0 Å². The van der Waals surface area contributed by atoms with Crippen LogP contribution in [0.2, 0.25) is 0 Å². The van der Waals surface area contributed by atoms with Crippen LogP contribution in [0.25, 0.3) is 0 Å². The Bertz CT molecular complexity index is 1600. The van der Waals surface area contributed by atoms with Crippen molar-refractivity contribution in [3.05, 3.63) is 53.1 Å². The third kappa shape index (κ3) is 6.31. The van der Waals surface area contributed by atoms with Crippen LogP contribution >= 0.6 is 0 Å². The molecule has 0 radical (unpaired) electrons. The van der Waals surface area contributed by atoms with Crippen LogP contribution in [0.4, 0.5) is 0 Å². The highest BCUT2D eigenvalue weighted by Gasteiger charge is 2.55. The SMILES string of the molecule is O=C(OC1[C@@H](OC(=O)c2cc(O)c(O)c(O)c2)CC(O)(C(=O)O)C[C@@H]1OC(=O)c1cc(O)c(O)c(O)c1)c1cc(O)c(O)c(O)c1. The lowest BCUT2D eigenvalue weighted by Crippen LogP contribution is -2.59. The van der Waals surface area contributed by atoms with E-state index in [-0.39, 0.29) is 0 Å². The Balaban J connectivity index is 1.77. The third-order valence-corrected chi connectivity index (χ3v) is 6.88. The molecule has 0 unspecified atom stereocenters. The first-order valence-electron chi connectivity index (χ1n) is 12.8. The highest BCUT2D eigenvalue weighted by Crippen LogP contribution is 2.40. The topological polar surface area (TPSA) is 318 Å². The lowest BCUT2D eigenvalue weighted by molar-refractivity contribution is -0.188. The Morgan fingerprint density at radius 3 is 1.04 bits per heavy atom. The lowest BCUT2D eigenvalue weighted by Gasteiger charge is -2.42. The quantitative estimate of drug-likeness (QED) is 0.0950. The molecule has 3 aromatic carbocycles. The molecule has 0 bridgehead atoms. The predicted molar refractivity (Wildman–Crippen MR) is 144 cm³/mol. The standard InChI is InChI=1S/C28H24O18/c29-12-1-9(2-13(30)20(12)35)24(38)44-18-7-28(43,27(41)42)8-19(45-25(39)10-3-14(31)21(36)15(32)4-10)23(18)46-26(40)11-5-16(33)22(37)17(34)6-11/h1-6,18-19,23,29-37,43H,7-8H2,(H,41,42)/t18-,19-,23?,28?/m0/s1. The Kier molecular flexibility index (Phi) is 8.51. The molecular formula is C28H24O18. The number of aliphatic carboxylic acids is 1. The number of carbonyl (C=O) groups excluding carboxylic acids is 3. The van der Waals surface area contributed by atoms with Gasteiger partial charge >= 0.3 is 23.9 Å². The molecular weight excluding hydrogens is 624 g/mol. The van der Waals surface area contributed by atoms with Crippen LogP contribution in [0.5, 0.6) is 51.7 Å². The van der Waals surface area contributed by atoms with Gasteiger partial charge in [-0.15, -0.1) is 0 Å². The number of phenols is 9. The van der Waals surface area contributed by atoms with Gasteiger partial charge in [-0.25, -0.2) is 19.2 Å². The summed E-state index contributed by atoms with van der Waals surface area (Å²) in [6.45, 7) is 0. The fourth-order valence-electron chi connectivity index (χ4n) is 4.53. The zero-order valence-electron chi connectivity index (χ0n) is 22.9. The maximum atomic E-state index is 13.1. The number of benzene rings is 3. The van der Waals surface area contributed by atoms with E-state index in [2.05, 4.69) is 0 Å². The molecule has 11 N–H and O–H groups in total. The van der Waals surface area contributed by atoms with Gasteiger partial charge in [-0.3, -0.25) is 0 Å². The van der Waals surface area contributed by atoms with Crippen molar-refractivity contribution >= 4 is 23.9 Å². The normalized spacial score (nSPS) is 20.8. The van der Waals surface area contributed by atoms with Gasteiger partial charge in [0.2, 0.25) is 0 Å². The van der Waals surface area contributed by atoms with E-state index in [1.54, 1.807) is 0 Å². The molecule has 4 rings (SSSR count). The number of hydrogen-bond donors (Lipinski definition) is 11. The van der Waals surface area contributed by atoms with E-state index in [4.69, 9.17) is 14.2 Å². The minimum absolute atomic E-state index is 0.621. The number of esters is 3. The van der Waals surface area contributed by atoms with E-state index in [1.807, 2.05) is 0 Å². The first-order chi connectivity index (χ1) is 21.4. The van der Waals surface area contributed by atoms with Crippen molar-refractivity contribution in [1.29, 1.82) is 0 Å². The van der Waals surface area contributed by atoms with Crippen LogP contribution in [0.15, 0.2) is 36.4 Å². The summed E-state index contributed by atoms with van der Waals surface area (Å²) in [5.74, 6) is -15.1. The van der Waals surface area contributed by atoms with Crippen molar-refractivity contribution in [2.24, 2.45) is 0 Å². The average Bonchev–Trinajstić information content (AvgIpc) is 2.97. The second-order valence-corrected chi connectivity index (χ2v) is 10.1. The first-order valence-corrected chi connectivity index (χ1v) is 12.8. The van der Waals surface area contributed by atoms with E-state index in [0.717, 1.165) is 0 Å². The van der Waals surface area contributed by atoms with Crippen LogP contribution < -0.4 is 0 Å². The molecule has 3 aromatic rings. The Hall–Kier alpha value is -6.30. The van der Waals surface area contributed by atoms with Crippen molar-refractivity contribution in [3.8, 4) is 51.7 Å². The van der Waals surface area contributed by atoms with Gasteiger partial charge in [0, 0.05) is 12.8 Å². The molecule has 1 saturated carbocycles. The smallest absolute Gasteiger partial charge is 0.338 e. The average molecular weight is 648 g/mol. The minimum Gasteiger partial charge on any atom is -0.504 e. The summed E-state index contributed by atoms with van der Waals surface area (Å²) < 4.78 is 15.9. The zero-order chi connectivity index (χ0) is 34.2. The summed E-state index contributed by atoms with van der Waals surface area (Å²) in [6, 6.07) is 3.89. The largest absolute Gasteiger partial charge is 0.504 e. The lowest BCUT2D eigenvalue weighted by atomic mass is 9.79. The number of ether oxygens (including phenoxy) is 3. The number of aliphatic hydroxyl groups is 1. The van der Waals surface area contributed by atoms with Crippen LogP contribution in [0, 0.1) is 0 Å². The maximum absolute atomic E-state index is 13.1. The van der Waals surface area contributed by atoms with Crippen LogP contribution in [0.3, 0.4) is 0 Å². The van der Waals surface area contributed by atoms with Crippen LogP contribution in [-0.4, -0.2) is 104 Å². The van der Waals surface area contributed by atoms with E-state index in [9.17, 15) is 75.3 Å². The highest BCUT2D eigenvalue weighted by atomic mass is 16.6. The molecule has 0 aromatic heterocycles. The van der Waals surface area contributed by atoms with Gasteiger partial charge < -0.3 is 70.4 Å². The van der Waals surface area contributed by atoms with Gasteiger partial charge in [0.1, 0.15) is 12.2 Å². The molecule has 244 valence electrons. The fraction of sp³-hybridized carbons (Fsp3) is 0.214. The van der Waals surface area contributed by atoms with Crippen molar-refractivity contribution in [3.63, 3.8) is 0 Å². The Morgan fingerprint density at radius 1 is 0.522 bits per heavy atom. The summed E-state index contributed by atoms with van der Waals surface area (Å²) >= 11 is 0. The van der Waals surface area contributed by atoms with Gasteiger partial charge in [-0.1, -0.05) is 0 Å². The van der Waals surface area contributed by atoms with Crippen molar-refractivity contribution in [1.82, 2.24) is 0 Å². The number of carbonyl (C=O) groups is 4. The van der Waals surface area contributed by atoms with E-state index >= 15 is 0 Å². The van der Waals surface area contributed by atoms with Crippen molar-refractivity contribution < 1.29 is 89.6 Å². The second-order valence-electron chi connectivity index (χ2n) is 10.1. The predicted octanol–water partition coefficient (Wildman–Crippen LogP) is 0.623. The monoisotopic (exact) mass is 648 g/mol. The van der Waals surface area contributed by atoms with Crippen molar-refractivity contribution in [2.45, 2.75) is 36.8 Å². The number of phenolic OH excluding ortho intramolecular Hbond substituents is 9. The molecule has 1 aliphatic rings. The Labute approximate surface area is 255 Å². The highest BCUT2D eigenvalue weighted by molar-refractivity contribution is 5.93. The van der Waals surface area contributed by atoms with Crippen LogP contribution in [-0.2, 0) is 19.0 Å². The zero-order valence-corrected chi connectivity index (χ0v) is 22.9. The third-order valence-electron chi connectivity index (χ3n) is 6.88. The van der Waals surface area contributed by atoms with E-state index in [1.165, 1.54) is 0 Å². The summed E-state index contributed by atoms with van der Waals surface area (Å²) in [5, 5.41) is 108. The number of carboxylic acid groups (broad SMARTS) is 1. The first kappa shape index (κ1) is 32.6. The molecule has 18 heteroatoms. The molecule has 0 saturated heterocycles. The summed E-state index contributed by atoms with van der Waals surface area (Å²) in [5.41, 5.74) is -4.71. The van der Waals surface area contributed by atoms with Gasteiger partial charge in [0.25, 0.3) is 0 Å². The van der Waals surface area contributed by atoms with Crippen molar-refractivity contribution in [2.75, 3.05) is 0 Å². The van der Waals surface area contributed by atoms with Gasteiger partial charge in [0.15, 0.2) is 63.5 Å². The molecule has 0 amide bonds.